The van der Waals surface area contributed by atoms with E-state index in [9.17, 15) is 14.4 Å². The lowest BCUT2D eigenvalue weighted by atomic mass is 10.1. The average molecular weight is 338 g/mol. The second-order valence-corrected chi connectivity index (χ2v) is 5.87. The fraction of sp³-hybridized carbons (Fsp3) is 0.222. The summed E-state index contributed by atoms with van der Waals surface area (Å²) in [7, 11) is 0. The maximum atomic E-state index is 12.3. The Morgan fingerprint density at radius 2 is 2.00 bits per heavy atom. The Hall–Kier alpha value is -3.22. The number of carbonyl (C=O) groups is 3. The summed E-state index contributed by atoms with van der Waals surface area (Å²) in [4.78, 5) is 40.6. The van der Waals surface area contributed by atoms with E-state index in [1.165, 1.54) is 0 Å². The highest BCUT2D eigenvalue weighted by molar-refractivity contribution is 6.09. The van der Waals surface area contributed by atoms with Crippen LogP contribution in [0.4, 0.5) is 11.5 Å². The number of nitrogens with zero attached hydrogens (tertiary/aromatic N) is 1. The van der Waals surface area contributed by atoms with E-state index < -0.39 is 6.04 Å². The number of carbonyl (C=O) groups excluding carboxylic acids is 3. The molecular formula is C18H18N4O3. The van der Waals surface area contributed by atoms with E-state index in [0.717, 1.165) is 5.56 Å². The number of hydrogen-bond donors (Lipinski definition) is 3. The minimum absolute atomic E-state index is 0.0876. The van der Waals surface area contributed by atoms with Gasteiger partial charge in [-0.3, -0.25) is 14.4 Å². The molecule has 1 unspecified atom stereocenters. The van der Waals surface area contributed by atoms with E-state index in [0.29, 0.717) is 17.1 Å². The molecule has 0 saturated carbocycles. The van der Waals surface area contributed by atoms with Crippen LogP contribution in [0, 0.1) is 6.92 Å². The molecule has 3 N–H and O–H groups in total. The number of hydrogen-bond acceptors (Lipinski definition) is 4. The standard InChI is InChI=1S/C18H18N4O3/c1-11-6-8-15(19-10-11)22-16(23)9-7-14-18(25)20-13-5-3-2-4-12(13)17(24)21-14/h2-6,8,10,14H,7,9H2,1H3,(H,20,25)(H,21,24)(H,19,22,23). The molecule has 0 spiro atoms. The topological polar surface area (TPSA) is 100 Å². The van der Waals surface area contributed by atoms with Crippen LogP contribution in [0.2, 0.25) is 0 Å². The van der Waals surface area contributed by atoms with Gasteiger partial charge in [-0.05, 0) is 37.1 Å². The lowest BCUT2D eigenvalue weighted by Crippen LogP contribution is -2.41. The number of rotatable bonds is 4. The van der Waals surface area contributed by atoms with Crippen LogP contribution in [0.25, 0.3) is 0 Å². The van der Waals surface area contributed by atoms with Crippen LogP contribution in [-0.2, 0) is 9.59 Å². The van der Waals surface area contributed by atoms with Gasteiger partial charge in [0.2, 0.25) is 11.8 Å². The van der Waals surface area contributed by atoms with Crippen molar-refractivity contribution >= 4 is 29.2 Å². The number of benzene rings is 1. The van der Waals surface area contributed by atoms with E-state index >= 15 is 0 Å². The Bertz CT molecular complexity index is 817. The van der Waals surface area contributed by atoms with Crippen LogP contribution >= 0.6 is 0 Å². The van der Waals surface area contributed by atoms with Gasteiger partial charge in [0.05, 0.1) is 11.3 Å². The summed E-state index contributed by atoms with van der Waals surface area (Å²) < 4.78 is 0. The first-order valence-electron chi connectivity index (χ1n) is 7.96. The number of para-hydroxylation sites is 1. The maximum Gasteiger partial charge on any atom is 0.254 e. The van der Waals surface area contributed by atoms with Crippen molar-refractivity contribution in [2.75, 3.05) is 10.6 Å². The van der Waals surface area contributed by atoms with Crippen molar-refractivity contribution in [1.82, 2.24) is 10.3 Å². The number of aromatic nitrogens is 1. The van der Waals surface area contributed by atoms with Gasteiger partial charge in [0.25, 0.3) is 5.91 Å². The quantitative estimate of drug-likeness (QED) is 0.792. The molecule has 3 amide bonds. The van der Waals surface area contributed by atoms with Crippen molar-refractivity contribution in [2.45, 2.75) is 25.8 Å². The van der Waals surface area contributed by atoms with E-state index in [1.54, 1.807) is 36.5 Å². The fourth-order valence-electron chi connectivity index (χ4n) is 2.54. The molecule has 2 aromatic rings. The third-order valence-electron chi connectivity index (χ3n) is 3.89. The normalized spacial score (nSPS) is 16.3. The van der Waals surface area contributed by atoms with E-state index in [4.69, 9.17) is 0 Å². The van der Waals surface area contributed by atoms with Crippen LogP contribution < -0.4 is 16.0 Å². The number of pyridine rings is 1. The zero-order valence-corrected chi connectivity index (χ0v) is 13.7. The second kappa shape index (κ2) is 7.12. The predicted octanol–water partition coefficient (Wildman–Crippen LogP) is 1.86. The molecule has 0 bridgehead atoms. The lowest BCUT2D eigenvalue weighted by Gasteiger charge is -2.14. The number of nitrogens with one attached hydrogen (secondary N) is 3. The highest BCUT2D eigenvalue weighted by Crippen LogP contribution is 2.19. The zero-order valence-electron chi connectivity index (χ0n) is 13.7. The summed E-state index contributed by atoms with van der Waals surface area (Å²) in [5.41, 5.74) is 1.88. The van der Waals surface area contributed by atoms with Crippen molar-refractivity contribution in [3.63, 3.8) is 0 Å². The molecule has 25 heavy (non-hydrogen) atoms. The molecule has 7 nitrogen and oxygen atoms in total. The third kappa shape index (κ3) is 4.00. The highest BCUT2D eigenvalue weighted by atomic mass is 16.2. The van der Waals surface area contributed by atoms with Gasteiger partial charge in [0.15, 0.2) is 0 Å². The predicted molar refractivity (Wildman–Crippen MR) is 93.2 cm³/mol. The zero-order chi connectivity index (χ0) is 17.8. The summed E-state index contributed by atoms with van der Waals surface area (Å²) in [5.74, 6) is -0.475. The minimum Gasteiger partial charge on any atom is -0.340 e. The Morgan fingerprint density at radius 1 is 1.20 bits per heavy atom. The van der Waals surface area contributed by atoms with Gasteiger partial charge < -0.3 is 16.0 Å². The highest BCUT2D eigenvalue weighted by Gasteiger charge is 2.27. The molecule has 1 aromatic carbocycles. The van der Waals surface area contributed by atoms with Crippen LogP contribution in [0.15, 0.2) is 42.6 Å². The number of aryl methyl sites for hydroxylation is 1. The first-order valence-corrected chi connectivity index (χ1v) is 7.96. The van der Waals surface area contributed by atoms with Crippen molar-refractivity contribution < 1.29 is 14.4 Å². The molecule has 7 heteroatoms. The first-order chi connectivity index (χ1) is 12.0. The molecule has 1 aromatic heterocycles. The Balaban J connectivity index is 1.59. The molecule has 0 radical (unpaired) electrons. The molecule has 2 heterocycles. The summed E-state index contributed by atoms with van der Waals surface area (Å²) in [5, 5.41) is 8.05. The van der Waals surface area contributed by atoms with Crippen LogP contribution in [0.3, 0.4) is 0 Å². The van der Waals surface area contributed by atoms with Crippen LogP contribution in [-0.4, -0.2) is 28.7 Å². The summed E-state index contributed by atoms with van der Waals surface area (Å²) in [6.07, 6.45) is 1.94. The molecule has 1 atom stereocenters. The Labute approximate surface area is 144 Å². The Kier molecular flexibility index (Phi) is 4.74. The monoisotopic (exact) mass is 338 g/mol. The SMILES string of the molecule is Cc1ccc(NC(=O)CCC2NC(=O)c3ccccc3NC2=O)nc1. The van der Waals surface area contributed by atoms with Gasteiger partial charge >= 0.3 is 0 Å². The lowest BCUT2D eigenvalue weighted by molar-refractivity contribution is -0.118. The fourth-order valence-corrected chi connectivity index (χ4v) is 2.54. The smallest absolute Gasteiger partial charge is 0.254 e. The van der Waals surface area contributed by atoms with Crippen molar-refractivity contribution in [2.24, 2.45) is 0 Å². The van der Waals surface area contributed by atoms with Crippen LogP contribution in [0.5, 0.6) is 0 Å². The summed E-state index contributed by atoms with van der Waals surface area (Å²) in [6.45, 7) is 1.91. The molecule has 128 valence electrons. The van der Waals surface area contributed by atoms with Crippen molar-refractivity contribution in [3.8, 4) is 0 Å². The molecule has 0 aliphatic carbocycles. The van der Waals surface area contributed by atoms with Crippen molar-refractivity contribution in [3.05, 3.63) is 53.7 Å². The maximum absolute atomic E-state index is 12.3. The molecule has 1 aliphatic heterocycles. The molecule has 1 aliphatic rings. The molecule has 0 fully saturated rings. The van der Waals surface area contributed by atoms with Gasteiger partial charge in [-0.15, -0.1) is 0 Å². The number of fused-ring (bicyclic) bond motifs is 1. The van der Waals surface area contributed by atoms with E-state index in [1.807, 2.05) is 13.0 Å². The van der Waals surface area contributed by atoms with E-state index in [2.05, 4.69) is 20.9 Å². The summed E-state index contributed by atoms with van der Waals surface area (Å²) >= 11 is 0. The minimum atomic E-state index is -0.767. The van der Waals surface area contributed by atoms with Gasteiger partial charge in [-0.25, -0.2) is 4.98 Å². The van der Waals surface area contributed by atoms with Gasteiger partial charge in [0, 0.05) is 12.6 Å². The summed E-state index contributed by atoms with van der Waals surface area (Å²) in [6, 6.07) is 9.58. The van der Waals surface area contributed by atoms with Crippen molar-refractivity contribution in [1.29, 1.82) is 0 Å². The largest absolute Gasteiger partial charge is 0.340 e. The van der Waals surface area contributed by atoms with Crippen LogP contribution in [0.1, 0.15) is 28.8 Å². The average Bonchev–Trinajstić information content (AvgIpc) is 2.72. The molecule has 0 saturated heterocycles. The second-order valence-electron chi connectivity index (χ2n) is 5.87. The number of amides is 3. The number of anilines is 2. The van der Waals surface area contributed by atoms with E-state index in [-0.39, 0.29) is 30.6 Å². The van der Waals surface area contributed by atoms with Gasteiger partial charge in [-0.1, -0.05) is 18.2 Å². The van der Waals surface area contributed by atoms with Gasteiger partial charge in [0.1, 0.15) is 11.9 Å². The first kappa shape index (κ1) is 16.6. The Morgan fingerprint density at radius 3 is 2.76 bits per heavy atom. The molecular weight excluding hydrogens is 320 g/mol. The molecule has 3 rings (SSSR count). The third-order valence-corrected chi connectivity index (χ3v) is 3.89. The van der Waals surface area contributed by atoms with Gasteiger partial charge in [-0.2, -0.15) is 0 Å².